The Morgan fingerprint density at radius 3 is 1.21 bits per heavy atom. The molecule has 0 fully saturated rings. The Balaban J connectivity index is 1.47. The van der Waals surface area contributed by atoms with Gasteiger partial charge in [-0.05, 0) is 60.7 Å². The zero-order valence-corrected chi connectivity index (χ0v) is 18.3. The van der Waals surface area contributed by atoms with Gasteiger partial charge in [-0.1, -0.05) is 66.7 Å². The molecule has 0 amide bonds. The van der Waals surface area contributed by atoms with Gasteiger partial charge in [0.25, 0.3) is 0 Å². The number of hydrogen-bond donors (Lipinski definition) is 0. The van der Waals surface area contributed by atoms with Crippen molar-refractivity contribution in [2.75, 3.05) is 0 Å². The van der Waals surface area contributed by atoms with Gasteiger partial charge in [-0.25, -0.2) is 0 Å². The first-order valence-electron chi connectivity index (χ1n) is 10.9. The summed E-state index contributed by atoms with van der Waals surface area (Å²) in [6.07, 6.45) is 0. The molecule has 34 heavy (non-hydrogen) atoms. The molecule has 0 saturated heterocycles. The zero-order valence-electron chi connectivity index (χ0n) is 18.3. The maximum absolute atomic E-state index is 6.33. The van der Waals surface area contributed by atoms with Crippen LogP contribution >= 0.6 is 0 Å². The Morgan fingerprint density at radius 2 is 0.676 bits per heavy atom. The monoisotopic (exact) mass is 446 g/mol. The van der Waals surface area contributed by atoms with Gasteiger partial charge in [-0.2, -0.15) is 0 Å². The van der Waals surface area contributed by atoms with E-state index in [0.29, 0.717) is 34.5 Å². The van der Waals surface area contributed by atoms with Crippen molar-refractivity contribution in [1.29, 1.82) is 0 Å². The molecule has 0 aromatic heterocycles. The van der Waals surface area contributed by atoms with Crippen molar-refractivity contribution >= 4 is 0 Å². The largest absolute Gasteiger partial charge is 0.457 e. The first kappa shape index (κ1) is 21.2. The second-order valence-corrected chi connectivity index (χ2v) is 7.40. The maximum atomic E-state index is 6.33. The van der Waals surface area contributed by atoms with E-state index >= 15 is 0 Å². The molecule has 4 nitrogen and oxygen atoms in total. The van der Waals surface area contributed by atoms with E-state index in [4.69, 9.17) is 18.9 Å². The zero-order chi connectivity index (χ0) is 23.0. The average Bonchev–Trinajstić information content (AvgIpc) is 2.89. The maximum Gasteiger partial charge on any atom is 0.173 e. The van der Waals surface area contributed by atoms with Crippen LogP contribution in [-0.2, 0) is 0 Å². The SMILES string of the molecule is c1ccc(Oc2ccc(Oc3ccccc3)c(Oc3ccccc3Oc3ccccc3)c2)cc1. The van der Waals surface area contributed by atoms with Crippen LogP contribution in [-0.4, -0.2) is 0 Å². The molecule has 0 radical (unpaired) electrons. The molecule has 5 aromatic rings. The van der Waals surface area contributed by atoms with E-state index in [0.717, 1.165) is 11.5 Å². The standard InChI is InChI=1S/C30H22O4/c1-4-12-23(13-5-1)31-26-20-21-29(33-25-16-8-3-9-17-25)30(22-26)34-28-19-11-10-18-27(28)32-24-14-6-2-7-15-24/h1-22H. The van der Waals surface area contributed by atoms with Crippen LogP contribution in [0.4, 0.5) is 0 Å². The summed E-state index contributed by atoms with van der Waals surface area (Å²) in [5, 5.41) is 0. The third-order valence-electron chi connectivity index (χ3n) is 4.91. The second kappa shape index (κ2) is 10.3. The Hall–Kier alpha value is -4.70. The molecule has 0 N–H and O–H groups in total. The minimum Gasteiger partial charge on any atom is -0.457 e. The van der Waals surface area contributed by atoms with Gasteiger partial charge in [-0.3, -0.25) is 0 Å². The highest BCUT2D eigenvalue weighted by Gasteiger charge is 2.14. The molecular weight excluding hydrogens is 424 g/mol. The fourth-order valence-corrected chi connectivity index (χ4v) is 3.31. The predicted octanol–water partition coefficient (Wildman–Crippen LogP) is 8.86. The van der Waals surface area contributed by atoms with Crippen LogP contribution in [0.5, 0.6) is 46.0 Å². The summed E-state index contributed by atoms with van der Waals surface area (Å²) in [6.45, 7) is 0. The van der Waals surface area contributed by atoms with E-state index in [1.807, 2.05) is 133 Å². The molecule has 0 spiro atoms. The van der Waals surface area contributed by atoms with Crippen molar-refractivity contribution in [2.24, 2.45) is 0 Å². The summed E-state index contributed by atoms with van der Waals surface area (Å²) in [6, 6.07) is 41.8. The lowest BCUT2D eigenvalue weighted by Crippen LogP contribution is -1.94. The van der Waals surface area contributed by atoms with E-state index in [1.165, 1.54) is 0 Å². The van der Waals surface area contributed by atoms with E-state index in [-0.39, 0.29) is 0 Å². The highest BCUT2D eigenvalue weighted by Crippen LogP contribution is 2.42. The third-order valence-corrected chi connectivity index (χ3v) is 4.91. The summed E-state index contributed by atoms with van der Waals surface area (Å²) >= 11 is 0. The van der Waals surface area contributed by atoms with Gasteiger partial charge >= 0.3 is 0 Å². The molecule has 0 unspecified atom stereocenters. The van der Waals surface area contributed by atoms with Crippen LogP contribution in [0.3, 0.4) is 0 Å². The molecule has 166 valence electrons. The van der Waals surface area contributed by atoms with Crippen molar-refractivity contribution in [1.82, 2.24) is 0 Å². The van der Waals surface area contributed by atoms with E-state index in [2.05, 4.69) is 0 Å². The Labute approximate surface area is 198 Å². The van der Waals surface area contributed by atoms with Crippen LogP contribution in [0.15, 0.2) is 133 Å². The molecule has 0 heterocycles. The molecule has 5 rings (SSSR count). The van der Waals surface area contributed by atoms with Gasteiger partial charge in [0.15, 0.2) is 23.0 Å². The molecule has 0 atom stereocenters. The van der Waals surface area contributed by atoms with Crippen LogP contribution in [0.2, 0.25) is 0 Å². The van der Waals surface area contributed by atoms with E-state index < -0.39 is 0 Å². The van der Waals surface area contributed by atoms with Gasteiger partial charge in [0.2, 0.25) is 0 Å². The van der Waals surface area contributed by atoms with Crippen LogP contribution < -0.4 is 18.9 Å². The highest BCUT2D eigenvalue weighted by molar-refractivity contribution is 5.53. The summed E-state index contributed by atoms with van der Waals surface area (Å²) in [5.41, 5.74) is 0. The van der Waals surface area contributed by atoms with Gasteiger partial charge in [0.05, 0.1) is 0 Å². The number of benzene rings is 5. The minimum atomic E-state index is 0.501. The quantitative estimate of drug-likeness (QED) is 0.238. The molecule has 0 saturated carbocycles. The Morgan fingerprint density at radius 1 is 0.265 bits per heavy atom. The molecular formula is C30H22O4. The predicted molar refractivity (Wildman–Crippen MR) is 133 cm³/mol. The first-order valence-corrected chi connectivity index (χ1v) is 10.9. The topological polar surface area (TPSA) is 36.9 Å². The van der Waals surface area contributed by atoms with Crippen molar-refractivity contribution in [2.45, 2.75) is 0 Å². The molecule has 0 aliphatic heterocycles. The molecule has 0 aliphatic rings. The lowest BCUT2D eigenvalue weighted by molar-refractivity contribution is 0.390. The summed E-state index contributed by atoms with van der Waals surface area (Å²) < 4.78 is 24.5. The lowest BCUT2D eigenvalue weighted by atomic mass is 10.2. The number of para-hydroxylation sites is 5. The van der Waals surface area contributed by atoms with Gasteiger partial charge in [0, 0.05) is 6.07 Å². The van der Waals surface area contributed by atoms with Crippen molar-refractivity contribution < 1.29 is 18.9 Å². The number of rotatable bonds is 8. The van der Waals surface area contributed by atoms with Gasteiger partial charge in [-0.15, -0.1) is 0 Å². The third kappa shape index (κ3) is 5.37. The number of hydrogen-bond acceptors (Lipinski definition) is 4. The van der Waals surface area contributed by atoms with E-state index in [1.54, 1.807) is 0 Å². The number of ether oxygens (including phenoxy) is 4. The fraction of sp³-hybridized carbons (Fsp3) is 0. The normalized spacial score (nSPS) is 10.4. The smallest absolute Gasteiger partial charge is 0.173 e. The van der Waals surface area contributed by atoms with Crippen LogP contribution in [0.25, 0.3) is 0 Å². The van der Waals surface area contributed by atoms with Crippen molar-refractivity contribution in [3.8, 4) is 46.0 Å². The summed E-state index contributed by atoms with van der Waals surface area (Å²) in [5.74, 6) is 5.00. The Kier molecular flexibility index (Phi) is 6.40. The van der Waals surface area contributed by atoms with Crippen LogP contribution in [0.1, 0.15) is 0 Å². The van der Waals surface area contributed by atoms with Gasteiger partial charge in [0.1, 0.15) is 23.0 Å². The minimum absolute atomic E-state index is 0.501. The molecule has 0 bridgehead atoms. The second-order valence-electron chi connectivity index (χ2n) is 7.40. The summed E-state index contributed by atoms with van der Waals surface area (Å²) in [7, 11) is 0. The molecule has 0 aliphatic carbocycles. The molecule has 5 aromatic carbocycles. The summed E-state index contributed by atoms with van der Waals surface area (Å²) in [4.78, 5) is 0. The van der Waals surface area contributed by atoms with Crippen molar-refractivity contribution in [3.63, 3.8) is 0 Å². The molecule has 4 heteroatoms. The van der Waals surface area contributed by atoms with Gasteiger partial charge < -0.3 is 18.9 Å². The van der Waals surface area contributed by atoms with Crippen molar-refractivity contribution in [3.05, 3.63) is 133 Å². The lowest BCUT2D eigenvalue weighted by Gasteiger charge is -2.16. The first-order chi connectivity index (χ1) is 16.8. The van der Waals surface area contributed by atoms with E-state index in [9.17, 15) is 0 Å². The Bertz CT molecular complexity index is 1340. The average molecular weight is 447 g/mol. The fourth-order valence-electron chi connectivity index (χ4n) is 3.31. The van der Waals surface area contributed by atoms with Crippen LogP contribution in [0, 0.1) is 0 Å². The highest BCUT2D eigenvalue weighted by atomic mass is 16.5.